The van der Waals surface area contributed by atoms with E-state index in [4.69, 9.17) is 23.8 Å². The normalized spacial score (nSPS) is 18.0. The van der Waals surface area contributed by atoms with Crippen LogP contribution in [0.5, 0.6) is 0 Å². The molecule has 3 N–H and O–H groups in total. The second kappa shape index (κ2) is 34.4. The summed E-state index contributed by atoms with van der Waals surface area (Å²) in [5.74, 6) is -0.994. The van der Waals surface area contributed by atoms with Crippen molar-refractivity contribution in [2.24, 2.45) is 0 Å². The fourth-order valence-corrected chi connectivity index (χ4v) is 6.58. The van der Waals surface area contributed by atoms with Crippen molar-refractivity contribution in [3.05, 3.63) is 36.5 Å². The van der Waals surface area contributed by atoms with Crippen LogP contribution in [0.4, 0.5) is 0 Å². The molecule has 0 amide bonds. The smallest absolute Gasteiger partial charge is 0.462 e. The lowest BCUT2D eigenvalue weighted by atomic mass is 10.0. The van der Waals surface area contributed by atoms with Crippen molar-refractivity contribution in [1.82, 2.24) is 0 Å². The van der Waals surface area contributed by atoms with E-state index in [9.17, 15) is 24.2 Å². The molecule has 0 aliphatic carbocycles. The van der Waals surface area contributed by atoms with Crippen molar-refractivity contribution in [2.75, 3.05) is 26.4 Å². The van der Waals surface area contributed by atoms with Crippen LogP contribution < -0.4 is 0 Å². The predicted octanol–water partition coefficient (Wildman–Crippen LogP) is 9.77. The van der Waals surface area contributed by atoms with Crippen LogP contribution in [0.25, 0.3) is 0 Å². The molecule has 1 rings (SSSR count). The molecule has 0 spiro atoms. The van der Waals surface area contributed by atoms with E-state index in [1.807, 2.05) is 12.2 Å². The third-order valence-corrected chi connectivity index (χ3v) is 10.2. The Kier molecular flexibility index (Phi) is 32.0. The van der Waals surface area contributed by atoms with Gasteiger partial charge in [-0.2, -0.15) is 0 Å². The number of epoxide rings is 1. The molecule has 11 nitrogen and oxygen atoms in total. The van der Waals surface area contributed by atoms with Gasteiger partial charge in [0.15, 0.2) is 6.10 Å². The van der Waals surface area contributed by atoms with Crippen molar-refractivity contribution in [3.63, 3.8) is 0 Å². The van der Waals surface area contributed by atoms with Crippen LogP contribution in [0.15, 0.2) is 36.5 Å². The molecule has 0 aromatic heterocycles. The van der Waals surface area contributed by atoms with Gasteiger partial charge in [0.1, 0.15) is 12.7 Å². The van der Waals surface area contributed by atoms with E-state index >= 15 is 0 Å². The Labute approximate surface area is 326 Å². The van der Waals surface area contributed by atoms with Crippen LogP contribution >= 0.6 is 7.82 Å². The lowest BCUT2D eigenvalue weighted by Gasteiger charge is -2.20. The number of aliphatic hydroxyl groups is 2. The van der Waals surface area contributed by atoms with Gasteiger partial charge in [-0.05, 0) is 51.4 Å². The molecule has 54 heavy (non-hydrogen) atoms. The van der Waals surface area contributed by atoms with Gasteiger partial charge in [0.05, 0.1) is 32.0 Å². The molecule has 1 heterocycles. The maximum absolute atomic E-state index is 12.6. The summed E-state index contributed by atoms with van der Waals surface area (Å²) in [6.45, 7) is 2.27. The highest BCUT2D eigenvalue weighted by molar-refractivity contribution is 7.47. The van der Waals surface area contributed by atoms with Gasteiger partial charge in [0.2, 0.25) is 0 Å². The summed E-state index contributed by atoms with van der Waals surface area (Å²) >= 11 is 0. The van der Waals surface area contributed by atoms with Gasteiger partial charge in [-0.25, -0.2) is 4.57 Å². The molecule has 1 saturated heterocycles. The first-order valence-electron chi connectivity index (χ1n) is 21.1. The Morgan fingerprint density at radius 3 is 1.78 bits per heavy atom. The third-order valence-electron chi connectivity index (χ3n) is 9.20. The number of hydrogen-bond donors (Lipinski definition) is 3. The molecule has 0 bridgehead atoms. The van der Waals surface area contributed by atoms with Crippen LogP contribution in [0, 0.1) is 0 Å². The molecule has 1 fully saturated rings. The third kappa shape index (κ3) is 31.4. The summed E-state index contributed by atoms with van der Waals surface area (Å²) < 4.78 is 38.4. The van der Waals surface area contributed by atoms with E-state index < -0.39 is 51.8 Å². The number of carbonyl (C=O) groups excluding carboxylic acids is 2. The molecular formula is C42H75O11P. The summed E-state index contributed by atoms with van der Waals surface area (Å²) in [5, 5.41) is 18.3. The Morgan fingerprint density at radius 2 is 1.15 bits per heavy atom. The van der Waals surface area contributed by atoms with Gasteiger partial charge >= 0.3 is 19.8 Å². The maximum atomic E-state index is 12.6. The van der Waals surface area contributed by atoms with Crippen molar-refractivity contribution in [2.45, 2.75) is 192 Å². The zero-order valence-corrected chi connectivity index (χ0v) is 34.5. The highest BCUT2D eigenvalue weighted by atomic mass is 31.2. The van der Waals surface area contributed by atoms with E-state index in [0.717, 1.165) is 44.9 Å². The molecule has 0 aromatic rings. The number of carbonyl (C=O) groups is 2. The number of unbranched alkanes of at least 4 members (excludes halogenated alkanes) is 16. The van der Waals surface area contributed by atoms with Gasteiger partial charge in [-0.15, -0.1) is 0 Å². The van der Waals surface area contributed by atoms with E-state index in [-0.39, 0.29) is 19.4 Å². The lowest BCUT2D eigenvalue weighted by Crippen LogP contribution is -2.29. The van der Waals surface area contributed by atoms with E-state index in [1.54, 1.807) is 0 Å². The van der Waals surface area contributed by atoms with Crippen LogP contribution in [-0.2, 0) is 37.4 Å². The minimum absolute atomic E-state index is 0.104. The SMILES string of the molecule is CCCCC/C=C/CC1OC1C/C=C\C/C=C\CCCC(=O)OC(COC(=O)CCCCCCCCCCCCCCC)COP(=O)(O)OCC(O)CO. The van der Waals surface area contributed by atoms with Gasteiger partial charge in [0, 0.05) is 12.8 Å². The molecule has 0 aromatic carbocycles. The number of esters is 2. The number of hydrogen-bond acceptors (Lipinski definition) is 10. The minimum atomic E-state index is -4.63. The molecule has 1 aliphatic heterocycles. The first-order chi connectivity index (χ1) is 26.2. The number of allylic oxidation sites excluding steroid dienone is 4. The largest absolute Gasteiger partial charge is 0.472 e. The fraction of sp³-hybridized carbons (Fsp3) is 0.810. The number of rotatable bonds is 38. The monoisotopic (exact) mass is 787 g/mol. The fourth-order valence-electron chi connectivity index (χ4n) is 5.79. The van der Waals surface area contributed by atoms with Gasteiger partial charge in [-0.3, -0.25) is 18.6 Å². The van der Waals surface area contributed by atoms with Crippen LogP contribution in [0.1, 0.15) is 168 Å². The Bertz CT molecular complexity index is 1060. The zero-order valence-electron chi connectivity index (χ0n) is 33.6. The van der Waals surface area contributed by atoms with Crippen LogP contribution in [0.2, 0.25) is 0 Å². The van der Waals surface area contributed by atoms with Crippen LogP contribution in [0.3, 0.4) is 0 Å². The summed E-state index contributed by atoms with van der Waals surface area (Å²) in [5.41, 5.74) is 0. The quantitative estimate of drug-likeness (QED) is 0.0180. The van der Waals surface area contributed by atoms with E-state index in [1.165, 1.54) is 77.0 Å². The van der Waals surface area contributed by atoms with E-state index in [0.29, 0.717) is 31.5 Å². The zero-order chi connectivity index (χ0) is 39.5. The summed E-state index contributed by atoms with van der Waals surface area (Å²) in [6, 6.07) is 0. The highest BCUT2D eigenvalue weighted by Crippen LogP contribution is 2.43. The number of phosphoric ester groups is 1. The average molecular weight is 787 g/mol. The standard InChI is InChI=1S/C42H75O11P/c1-3-5-7-9-11-12-13-14-15-16-19-23-27-31-41(45)49-35-38(36-51-54(47,48)50-34-37(44)33-43)52-42(46)32-28-24-20-17-18-22-26-30-40-39(53-40)29-25-21-10-8-6-4-2/h17,20-22,25-26,37-40,43-44H,3-16,18-19,23-24,27-36H2,1-2H3,(H,47,48)/b20-17-,25-21+,26-22-. The molecule has 12 heteroatoms. The van der Waals surface area contributed by atoms with Crippen molar-refractivity contribution in [1.29, 1.82) is 0 Å². The topological polar surface area (TPSA) is 161 Å². The first-order valence-corrected chi connectivity index (χ1v) is 22.6. The van der Waals surface area contributed by atoms with Gasteiger partial charge in [-0.1, -0.05) is 140 Å². The second-order valence-electron chi connectivity index (χ2n) is 14.4. The van der Waals surface area contributed by atoms with Crippen molar-refractivity contribution in [3.8, 4) is 0 Å². The van der Waals surface area contributed by atoms with Crippen molar-refractivity contribution >= 4 is 19.8 Å². The summed E-state index contributed by atoms with van der Waals surface area (Å²) in [4.78, 5) is 34.9. The van der Waals surface area contributed by atoms with Gasteiger partial charge in [0.25, 0.3) is 0 Å². The molecule has 5 unspecified atom stereocenters. The minimum Gasteiger partial charge on any atom is -0.462 e. The molecule has 0 radical (unpaired) electrons. The summed E-state index contributed by atoms with van der Waals surface area (Å²) in [7, 11) is -4.63. The molecule has 5 atom stereocenters. The average Bonchev–Trinajstić information content (AvgIpc) is 3.92. The highest BCUT2D eigenvalue weighted by Gasteiger charge is 2.36. The summed E-state index contributed by atoms with van der Waals surface area (Å²) in [6.07, 6.45) is 35.7. The Balaban J connectivity index is 2.31. The number of ether oxygens (including phenoxy) is 3. The molecule has 1 aliphatic rings. The second-order valence-corrected chi connectivity index (χ2v) is 15.9. The molecule has 0 saturated carbocycles. The molecule has 314 valence electrons. The Hall–Kier alpha value is -1.85. The maximum Gasteiger partial charge on any atom is 0.472 e. The first kappa shape index (κ1) is 50.2. The number of phosphoric acid groups is 1. The van der Waals surface area contributed by atoms with Gasteiger partial charge < -0.3 is 29.3 Å². The number of aliphatic hydroxyl groups excluding tert-OH is 2. The molecular weight excluding hydrogens is 711 g/mol. The van der Waals surface area contributed by atoms with Crippen molar-refractivity contribution < 1.29 is 52.5 Å². The van der Waals surface area contributed by atoms with Crippen LogP contribution in [-0.4, -0.2) is 77.9 Å². The van der Waals surface area contributed by atoms with E-state index in [2.05, 4.69) is 42.7 Å². The Morgan fingerprint density at radius 1 is 0.648 bits per heavy atom. The predicted molar refractivity (Wildman–Crippen MR) is 214 cm³/mol. The lowest BCUT2D eigenvalue weighted by molar-refractivity contribution is -0.161.